The molecule has 0 N–H and O–H groups in total. The number of carbonyl (C=O) groups is 1. The van der Waals surface area contributed by atoms with Gasteiger partial charge in [-0.15, -0.1) is 0 Å². The third kappa shape index (κ3) is 1.81. The quantitative estimate of drug-likeness (QED) is 0.693. The van der Waals surface area contributed by atoms with Gasteiger partial charge < -0.3 is 0 Å². The van der Waals surface area contributed by atoms with Gasteiger partial charge in [0.1, 0.15) is 0 Å². The Morgan fingerprint density at radius 3 is 2.40 bits per heavy atom. The summed E-state index contributed by atoms with van der Waals surface area (Å²) in [6.45, 7) is 5.93. The minimum absolute atomic E-state index is 0.0922. The molecule has 1 aromatic rings. The van der Waals surface area contributed by atoms with Gasteiger partial charge in [-0.05, 0) is 49.9 Å². The Bertz CT molecular complexity index is 430. The maximum Gasteiger partial charge on any atom is 0.169 e. The summed E-state index contributed by atoms with van der Waals surface area (Å²) in [5.41, 5.74) is 2.72. The van der Waals surface area contributed by atoms with E-state index in [1.165, 1.54) is 0 Å². The number of benzene rings is 1. The largest absolute Gasteiger partial charge is 0.294 e. The normalized spacial score (nSPS) is 17.6. The van der Waals surface area contributed by atoms with Gasteiger partial charge in [0, 0.05) is 16.0 Å². The lowest BCUT2D eigenvalue weighted by Crippen LogP contribution is -2.13. The Hall–Kier alpha value is -0.820. The van der Waals surface area contributed by atoms with Crippen molar-refractivity contribution in [2.24, 2.45) is 5.41 Å². The van der Waals surface area contributed by atoms with Crippen LogP contribution in [0.2, 0.25) is 5.02 Å². The molecule has 0 spiro atoms. The van der Waals surface area contributed by atoms with Gasteiger partial charge in [0.15, 0.2) is 5.78 Å². The van der Waals surface area contributed by atoms with Crippen LogP contribution >= 0.6 is 11.6 Å². The second kappa shape index (κ2) is 3.34. The number of halogens is 1. The second-order valence-corrected chi connectivity index (χ2v) is 5.21. The first-order valence-corrected chi connectivity index (χ1v) is 5.63. The molecule has 0 amide bonds. The number of rotatable bonds is 2. The molecular formula is C13H15ClO. The van der Waals surface area contributed by atoms with Gasteiger partial charge in [-0.3, -0.25) is 4.79 Å². The Morgan fingerprint density at radius 2 is 1.87 bits per heavy atom. The highest BCUT2D eigenvalue weighted by Crippen LogP contribution is 2.48. The molecule has 0 aromatic heterocycles. The summed E-state index contributed by atoms with van der Waals surface area (Å²) in [5, 5.41) is 0.741. The second-order valence-electron chi connectivity index (χ2n) is 4.81. The number of ketones is 1. The van der Waals surface area contributed by atoms with Crippen LogP contribution in [0.5, 0.6) is 0 Å². The van der Waals surface area contributed by atoms with Crippen LogP contribution in [0.3, 0.4) is 0 Å². The van der Waals surface area contributed by atoms with Gasteiger partial charge in [-0.1, -0.05) is 18.5 Å². The lowest BCUT2D eigenvalue weighted by molar-refractivity contribution is 0.0912. The van der Waals surface area contributed by atoms with E-state index in [4.69, 9.17) is 11.6 Å². The molecule has 0 atom stereocenters. The predicted molar refractivity (Wildman–Crippen MR) is 62.6 cm³/mol. The van der Waals surface area contributed by atoms with E-state index in [1.54, 1.807) is 0 Å². The standard InChI is InChI=1S/C13H15ClO/c1-8-7-11(14)9(2)6-10(8)12(15)13(3)4-5-13/h6-7H,4-5H2,1-3H3. The van der Waals surface area contributed by atoms with Gasteiger partial charge in [0.25, 0.3) is 0 Å². The van der Waals surface area contributed by atoms with Crippen LogP contribution in [0.1, 0.15) is 41.3 Å². The minimum Gasteiger partial charge on any atom is -0.294 e. The molecule has 1 saturated carbocycles. The fraction of sp³-hybridized carbons (Fsp3) is 0.462. The Morgan fingerprint density at radius 1 is 1.27 bits per heavy atom. The average Bonchev–Trinajstić information content (AvgIpc) is 2.90. The van der Waals surface area contributed by atoms with Crippen molar-refractivity contribution in [3.05, 3.63) is 33.8 Å². The highest BCUT2D eigenvalue weighted by molar-refractivity contribution is 6.31. The van der Waals surface area contributed by atoms with Crippen LogP contribution in [-0.4, -0.2) is 5.78 Å². The molecule has 1 aromatic carbocycles. The van der Waals surface area contributed by atoms with Crippen molar-refractivity contribution in [3.8, 4) is 0 Å². The fourth-order valence-electron chi connectivity index (χ4n) is 1.77. The molecule has 0 heterocycles. The van der Waals surface area contributed by atoms with Crippen molar-refractivity contribution in [1.82, 2.24) is 0 Å². The summed E-state index contributed by atoms with van der Waals surface area (Å²) in [6.07, 6.45) is 2.04. The van der Waals surface area contributed by atoms with Crippen molar-refractivity contribution < 1.29 is 4.79 Å². The van der Waals surface area contributed by atoms with Crippen LogP contribution in [0.25, 0.3) is 0 Å². The van der Waals surface area contributed by atoms with E-state index in [1.807, 2.05) is 32.9 Å². The molecule has 0 radical (unpaired) electrons. The van der Waals surface area contributed by atoms with E-state index < -0.39 is 0 Å². The SMILES string of the molecule is Cc1cc(C(=O)C2(C)CC2)c(C)cc1Cl. The molecule has 0 saturated heterocycles. The number of hydrogen-bond acceptors (Lipinski definition) is 1. The number of aryl methyl sites for hydroxylation is 2. The lowest BCUT2D eigenvalue weighted by Gasteiger charge is -2.11. The third-order valence-corrected chi connectivity index (χ3v) is 3.71. The molecule has 1 aliphatic carbocycles. The van der Waals surface area contributed by atoms with E-state index in [9.17, 15) is 4.79 Å². The fourth-order valence-corrected chi connectivity index (χ4v) is 1.98. The van der Waals surface area contributed by atoms with Gasteiger partial charge in [-0.25, -0.2) is 0 Å². The molecule has 15 heavy (non-hydrogen) atoms. The van der Waals surface area contributed by atoms with E-state index in [-0.39, 0.29) is 11.2 Å². The minimum atomic E-state index is -0.0922. The zero-order chi connectivity index (χ0) is 11.2. The van der Waals surface area contributed by atoms with Gasteiger partial charge >= 0.3 is 0 Å². The van der Waals surface area contributed by atoms with Gasteiger partial charge in [0.05, 0.1) is 0 Å². The van der Waals surface area contributed by atoms with Crippen molar-refractivity contribution >= 4 is 17.4 Å². The van der Waals surface area contributed by atoms with E-state index in [2.05, 4.69) is 0 Å². The summed E-state index contributed by atoms with van der Waals surface area (Å²) in [6, 6.07) is 3.80. The number of Topliss-reactive ketones (excluding diaryl/α,β-unsaturated/α-hetero) is 1. The van der Waals surface area contributed by atoms with Crippen LogP contribution in [0.15, 0.2) is 12.1 Å². The zero-order valence-electron chi connectivity index (χ0n) is 9.36. The van der Waals surface area contributed by atoms with E-state index in [0.717, 1.165) is 34.6 Å². The maximum absolute atomic E-state index is 12.2. The molecule has 0 unspecified atom stereocenters. The Kier molecular flexibility index (Phi) is 2.38. The monoisotopic (exact) mass is 222 g/mol. The summed E-state index contributed by atoms with van der Waals surface area (Å²) in [7, 11) is 0. The van der Waals surface area contributed by atoms with Crippen LogP contribution in [0.4, 0.5) is 0 Å². The molecule has 0 aliphatic heterocycles. The summed E-state index contributed by atoms with van der Waals surface area (Å²) in [5.74, 6) is 0.278. The van der Waals surface area contributed by atoms with Crippen LogP contribution in [0, 0.1) is 19.3 Å². The highest BCUT2D eigenvalue weighted by atomic mass is 35.5. The number of hydrogen-bond donors (Lipinski definition) is 0. The first-order valence-electron chi connectivity index (χ1n) is 5.25. The van der Waals surface area contributed by atoms with Gasteiger partial charge in [0.2, 0.25) is 0 Å². The Labute approximate surface area is 95.4 Å². The first kappa shape index (κ1) is 10.7. The van der Waals surface area contributed by atoms with Crippen molar-refractivity contribution in [2.45, 2.75) is 33.6 Å². The summed E-state index contributed by atoms with van der Waals surface area (Å²) in [4.78, 5) is 12.2. The van der Waals surface area contributed by atoms with Gasteiger partial charge in [-0.2, -0.15) is 0 Å². The number of carbonyl (C=O) groups excluding carboxylic acids is 1. The van der Waals surface area contributed by atoms with Crippen molar-refractivity contribution in [3.63, 3.8) is 0 Å². The molecule has 1 nitrogen and oxygen atoms in total. The van der Waals surface area contributed by atoms with Crippen LogP contribution < -0.4 is 0 Å². The maximum atomic E-state index is 12.2. The van der Waals surface area contributed by atoms with Crippen molar-refractivity contribution in [2.75, 3.05) is 0 Å². The summed E-state index contributed by atoms with van der Waals surface area (Å²) >= 11 is 6.01. The predicted octanol–water partition coefficient (Wildman–Crippen LogP) is 3.94. The van der Waals surface area contributed by atoms with Crippen LogP contribution in [-0.2, 0) is 0 Å². The molecule has 0 bridgehead atoms. The van der Waals surface area contributed by atoms with Crippen molar-refractivity contribution in [1.29, 1.82) is 0 Å². The van der Waals surface area contributed by atoms with E-state index in [0.29, 0.717) is 0 Å². The Balaban J connectivity index is 2.44. The smallest absolute Gasteiger partial charge is 0.169 e. The molecule has 2 rings (SSSR count). The first-order chi connectivity index (χ1) is 6.94. The average molecular weight is 223 g/mol. The molecule has 1 aliphatic rings. The lowest BCUT2D eigenvalue weighted by atomic mass is 9.92. The third-order valence-electron chi connectivity index (χ3n) is 3.30. The highest BCUT2D eigenvalue weighted by Gasteiger charge is 2.45. The molecule has 80 valence electrons. The molecule has 1 fully saturated rings. The summed E-state index contributed by atoms with van der Waals surface area (Å²) < 4.78 is 0. The van der Waals surface area contributed by atoms with E-state index >= 15 is 0 Å². The zero-order valence-corrected chi connectivity index (χ0v) is 10.1. The topological polar surface area (TPSA) is 17.1 Å². The molecular weight excluding hydrogens is 208 g/mol. The molecule has 2 heteroatoms.